The minimum atomic E-state index is -0.197. The molecule has 1 amide bonds. The van der Waals surface area contributed by atoms with Crippen molar-refractivity contribution in [3.8, 4) is 11.5 Å². The molecule has 0 aliphatic rings. The minimum Gasteiger partial charge on any atom is -0.504 e. The van der Waals surface area contributed by atoms with Crippen LogP contribution in [-0.4, -0.2) is 22.6 Å². The molecule has 0 bridgehead atoms. The van der Waals surface area contributed by atoms with Gasteiger partial charge in [-0.2, -0.15) is 0 Å². The highest BCUT2D eigenvalue weighted by atomic mass is 16.5. The molecular weight excluding hydrogens is 268 g/mol. The fraction of sp³-hybridized carbons (Fsp3) is 0.250. The van der Waals surface area contributed by atoms with Crippen molar-refractivity contribution < 1.29 is 14.6 Å². The summed E-state index contributed by atoms with van der Waals surface area (Å²) in [6.45, 7) is 2.46. The summed E-state index contributed by atoms with van der Waals surface area (Å²) in [5.41, 5.74) is 1.14. The van der Waals surface area contributed by atoms with Crippen LogP contribution in [0.5, 0.6) is 11.5 Å². The smallest absolute Gasteiger partial charge is 0.225 e. The summed E-state index contributed by atoms with van der Waals surface area (Å²) in [6.07, 6.45) is 2.41. The number of aromatic nitrogens is 1. The molecule has 1 aromatic carbocycles. The van der Waals surface area contributed by atoms with Crippen molar-refractivity contribution >= 4 is 11.7 Å². The van der Waals surface area contributed by atoms with Crippen molar-refractivity contribution in [2.24, 2.45) is 0 Å². The molecule has 0 atom stereocenters. The molecule has 0 unspecified atom stereocenters. The van der Waals surface area contributed by atoms with Crippen LogP contribution in [0.2, 0.25) is 0 Å². The summed E-state index contributed by atoms with van der Waals surface area (Å²) in [4.78, 5) is 15.6. The van der Waals surface area contributed by atoms with E-state index >= 15 is 0 Å². The topological polar surface area (TPSA) is 71.5 Å². The van der Waals surface area contributed by atoms with Gasteiger partial charge in [0.05, 0.1) is 6.61 Å². The van der Waals surface area contributed by atoms with Gasteiger partial charge in [0.15, 0.2) is 11.6 Å². The molecule has 0 saturated heterocycles. The fourth-order valence-corrected chi connectivity index (χ4v) is 1.82. The molecule has 1 aromatic heterocycles. The van der Waals surface area contributed by atoms with Crippen LogP contribution in [0.3, 0.4) is 0 Å². The van der Waals surface area contributed by atoms with Crippen LogP contribution in [0.25, 0.3) is 0 Å². The highest BCUT2D eigenvalue weighted by molar-refractivity contribution is 5.90. The second-order valence-electron chi connectivity index (χ2n) is 4.69. The third-order valence-electron chi connectivity index (χ3n) is 2.85. The Morgan fingerprint density at radius 2 is 2.19 bits per heavy atom. The average molecular weight is 286 g/mol. The first-order valence-electron chi connectivity index (χ1n) is 6.78. The Balaban J connectivity index is 1.71. The van der Waals surface area contributed by atoms with E-state index in [4.69, 9.17) is 4.74 Å². The zero-order valence-corrected chi connectivity index (χ0v) is 11.9. The number of nitrogens with one attached hydrogen (secondary N) is 1. The molecule has 0 aliphatic carbocycles. The second-order valence-corrected chi connectivity index (χ2v) is 4.69. The number of hydrogen-bond donors (Lipinski definition) is 2. The van der Waals surface area contributed by atoms with Crippen LogP contribution in [-0.2, 0) is 4.79 Å². The molecule has 0 saturated carbocycles. The van der Waals surface area contributed by atoms with Gasteiger partial charge < -0.3 is 15.2 Å². The van der Waals surface area contributed by atoms with Gasteiger partial charge in [0.1, 0.15) is 5.75 Å². The van der Waals surface area contributed by atoms with Gasteiger partial charge in [-0.3, -0.25) is 4.79 Å². The van der Waals surface area contributed by atoms with Crippen LogP contribution < -0.4 is 10.1 Å². The molecule has 5 nitrogen and oxygen atoms in total. The molecule has 2 rings (SSSR count). The number of carbonyl (C=O) groups excluding carboxylic acids is 1. The van der Waals surface area contributed by atoms with Crippen molar-refractivity contribution in [2.75, 3.05) is 11.9 Å². The first-order chi connectivity index (χ1) is 10.1. The molecule has 1 heterocycles. The van der Waals surface area contributed by atoms with Gasteiger partial charge in [0.2, 0.25) is 5.91 Å². The molecule has 0 aliphatic heterocycles. The first-order valence-corrected chi connectivity index (χ1v) is 6.78. The summed E-state index contributed by atoms with van der Waals surface area (Å²) in [5.74, 6) is 0.749. The van der Waals surface area contributed by atoms with E-state index < -0.39 is 0 Å². The van der Waals surface area contributed by atoms with E-state index in [9.17, 15) is 9.90 Å². The van der Waals surface area contributed by atoms with Crippen molar-refractivity contribution in [2.45, 2.75) is 19.8 Å². The van der Waals surface area contributed by atoms with E-state index in [2.05, 4.69) is 10.3 Å². The summed E-state index contributed by atoms with van der Waals surface area (Å²) in [6, 6.07) is 10.8. The van der Waals surface area contributed by atoms with Gasteiger partial charge in [-0.1, -0.05) is 12.1 Å². The first kappa shape index (κ1) is 14.8. The number of benzene rings is 1. The fourth-order valence-electron chi connectivity index (χ4n) is 1.82. The zero-order valence-electron chi connectivity index (χ0n) is 11.9. The molecule has 0 spiro atoms. The van der Waals surface area contributed by atoms with Crippen LogP contribution in [0.1, 0.15) is 18.4 Å². The maximum Gasteiger partial charge on any atom is 0.225 e. The number of amides is 1. The third-order valence-corrected chi connectivity index (χ3v) is 2.85. The Morgan fingerprint density at radius 3 is 2.95 bits per heavy atom. The quantitative estimate of drug-likeness (QED) is 0.801. The predicted molar refractivity (Wildman–Crippen MR) is 80.4 cm³/mol. The number of anilines is 1. The molecule has 2 N–H and O–H groups in total. The maximum atomic E-state index is 11.7. The molecule has 5 heteroatoms. The Morgan fingerprint density at radius 1 is 1.33 bits per heavy atom. The number of carbonyl (C=O) groups is 1. The predicted octanol–water partition coefficient (Wildman–Crippen LogP) is 2.89. The third kappa shape index (κ3) is 4.80. The lowest BCUT2D eigenvalue weighted by molar-refractivity contribution is -0.116. The van der Waals surface area contributed by atoms with Crippen LogP contribution in [0.4, 0.5) is 5.82 Å². The molecule has 21 heavy (non-hydrogen) atoms. The van der Waals surface area contributed by atoms with Crippen LogP contribution in [0, 0.1) is 6.92 Å². The zero-order chi connectivity index (χ0) is 15.1. The number of rotatable bonds is 6. The average Bonchev–Trinajstić information content (AvgIpc) is 2.46. The van der Waals surface area contributed by atoms with Crippen LogP contribution >= 0.6 is 0 Å². The second kappa shape index (κ2) is 7.28. The van der Waals surface area contributed by atoms with E-state index in [1.54, 1.807) is 6.07 Å². The van der Waals surface area contributed by atoms with Gasteiger partial charge in [-0.05, 0) is 43.2 Å². The minimum absolute atomic E-state index is 0.0399. The number of nitrogens with zero attached hydrogens (tertiary/aromatic N) is 1. The van der Waals surface area contributed by atoms with Crippen molar-refractivity contribution in [1.29, 1.82) is 0 Å². The Kier molecular flexibility index (Phi) is 5.15. The van der Waals surface area contributed by atoms with Crippen molar-refractivity contribution in [1.82, 2.24) is 4.98 Å². The summed E-state index contributed by atoms with van der Waals surface area (Å²) in [7, 11) is 0. The number of ether oxygens (including phenoxy) is 1. The van der Waals surface area contributed by atoms with Crippen molar-refractivity contribution in [3.63, 3.8) is 0 Å². The van der Waals surface area contributed by atoms with Gasteiger partial charge in [-0.25, -0.2) is 4.98 Å². The Hall–Kier alpha value is -2.56. The largest absolute Gasteiger partial charge is 0.504 e. The molecule has 110 valence electrons. The molecular formula is C16H18N2O3. The van der Waals surface area contributed by atoms with E-state index in [-0.39, 0.29) is 17.5 Å². The number of aromatic hydroxyl groups is 1. The number of hydrogen-bond acceptors (Lipinski definition) is 4. The van der Waals surface area contributed by atoms with E-state index in [0.29, 0.717) is 19.4 Å². The van der Waals surface area contributed by atoms with Gasteiger partial charge in [0.25, 0.3) is 0 Å². The standard InChI is InChI=1S/C16H18N2O3/c1-12-5-2-6-13(11-12)21-10-4-8-15(20)18-16-14(19)7-3-9-17-16/h2-3,5-7,9,11,19H,4,8,10H2,1H3,(H,17,18,20). The SMILES string of the molecule is Cc1cccc(OCCCC(=O)Nc2ncccc2O)c1. The highest BCUT2D eigenvalue weighted by Crippen LogP contribution is 2.18. The monoisotopic (exact) mass is 286 g/mol. The Bertz CT molecular complexity index is 614. The van der Waals surface area contributed by atoms with Crippen molar-refractivity contribution in [3.05, 3.63) is 48.2 Å². The summed E-state index contributed by atoms with van der Waals surface area (Å²) < 4.78 is 5.57. The summed E-state index contributed by atoms with van der Waals surface area (Å²) in [5, 5.41) is 12.1. The maximum absolute atomic E-state index is 11.7. The van der Waals surface area contributed by atoms with Crippen LogP contribution in [0.15, 0.2) is 42.6 Å². The lowest BCUT2D eigenvalue weighted by Gasteiger charge is -2.08. The number of pyridine rings is 1. The molecule has 2 aromatic rings. The van der Waals surface area contributed by atoms with Gasteiger partial charge in [0, 0.05) is 12.6 Å². The lowest BCUT2D eigenvalue weighted by atomic mass is 10.2. The van der Waals surface area contributed by atoms with E-state index in [0.717, 1.165) is 11.3 Å². The lowest BCUT2D eigenvalue weighted by Crippen LogP contribution is -2.13. The number of aryl methyl sites for hydroxylation is 1. The molecule has 0 fully saturated rings. The van der Waals surface area contributed by atoms with E-state index in [1.165, 1.54) is 12.3 Å². The van der Waals surface area contributed by atoms with E-state index in [1.807, 2.05) is 31.2 Å². The van der Waals surface area contributed by atoms with Gasteiger partial charge >= 0.3 is 0 Å². The summed E-state index contributed by atoms with van der Waals surface area (Å²) >= 11 is 0. The highest BCUT2D eigenvalue weighted by Gasteiger charge is 2.06. The Labute approximate surface area is 123 Å². The molecule has 0 radical (unpaired) electrons. The van der Waals surface area contributed by atoms with Gasteiger partial charge in [-0.15, -0.1) is 0 Å². The normalized spacial score (nSPS) is 10.1.